The zero-order valence-corrected chi connectivity index (χ0v) is 26.1. The summed E-state index contributed by atoms with van der Waals surface area (Å²) < 4.78 is 2.11. The normalized spacial score (nSPS) is 20.5. The fourth-order valence-electron chi connectivity index (χ4n) is 5.93. The number of carboxylic acid groups (broad SMARTS) is 1. The number of rotatable bonds is 13. The molecule has 4 heterocycles. The highest BCUT2D eigenvalue weighted by molar-refractivity contribution is 8.26. The number of hydrogen-bond acceptors (Lipinski definition) is 7. The van der Waals surface area contributed by atoms with Crippen molar-refractivity contribution in [2.24, 2.45) is 11.8 Å². The Labute approximate surface area is 252 Å². The van der Waals surface area contributed by atoms with Crippen LogP contribution in [0.4, 0.5) is 5.82 Å². The number of fused-ring (bicyclic) bond motifs is 1. The number of thioether (sulfide) groups is 1. The van der Waals surface area contributed by atoms with E-state index in [1.165, 1.54) is 11.8 Å². The molecule has 41 heavy (non-hydrogen) atoms. The first-order valence-corrected chi connectivity index (χ1v) is 16.1. The minimum atomic E-state index is -0.724. The first-order valence-electron chi connectivity index (χ1n) is 14.9. The molecule has 2 atom stereocenters. The van der Waals surface area contributed by atoms with E-state index in [9.17, 15) is 14.4 Å². The van der Waals surface area contributed by atoms with Gasteiger partial charge in [-0.15, -0.1) is 0 Å². The Hall–Kier alpha value is -2.72. The molecule has 0 saturated carbocycles. The number of aromatic nitrogens is 2. The topological polar surface area (TPSA) is 95.2 Å². The third-order valence-electron chi connectivity index (χ3n) is 7.90. The molecule has 1 amide bonds. The predicted molar refractivity (Wildman–Crippen MR) is 170 cm³/mol. The van der Waals surface area contributed by atoms with Crippen LogP contribution in [0.5, 0.6) is 0 Å². The zero-order chi connectivity index (χ0) is 29.5. The molecule has 2 saturated heterocycles. The largest absolute Gasteiger partial charge is 0.481 e. The lowest BCUT2D eigenvalue weighted by atomic mass is 9.91. The van der Waals surface area contributed by atoms with Gasteiger partial charge in [-0.2, -0.15) is 0 Å². The Balaban J connectivity index is 1.44. The van der Waals surface area contributed by atoms with Gasteiger partial charge in [0.15, 0.2) is 0 Å². The van der Waals surface area contributed by atoms with E-state index in [1.54, 1.807) is 21.6 Å². The molecule has 4 rings (SSSR count). The molecule has 8 nitrogen and oxygen atoms in total. The van der Waals surface area contributed by atoms with Crippen molar-refractivity contribution in [1.82, 2.24) is 14.3 Å². The lowest BCUT2D eigenvalue weighted by molar-refractivity contribution is -0.137. The Bertz CT molecular complexity index is 1360. The molecule has 2 unspecified atom stereocenters. The second kappa shape index (κ2) is 14.4. The second-order valence-corrected chi connectivity index (χ2v) is 13.4. The van der Waals surface area contributed by atoms with E-state index in [0.29, 0.717) is 44.6 Å². The van der Waals surface area contributed by atoms with Crippen molar-refractivity contribution in [3.63, 3.8) is 0 Å². The van der Waals surface area contributed by atoms with E-state index in [0.717, 1.165) is 76.4 Å². The number of carboxylic acids is 1. The number of thiocarbonyl (C=S) groups is 1. The first kappa shape index (κ1) is 31.2. The fraction of sp³-hybridized carbons (Fsp3) is 0.581. The van der Waals surface area contributed by atoms with Crippen LogP contribution in [-0.2, 0) is 9.59 Å². The van der Waals surface area contributed by atoms with Crippen LogP contribution in [0, 0.1) is 18.8 Å². The fourth-order valence-corrected chi connectivity index (χ4v) is 7.22. The van der Waals surface area contributed by atoms with Crippen LogP contribution in [0.15, 0.2) is 28.0 Å². The number of hydrogen-bond donors (Lipinski definition) is 1. The Kier molecular flexibility index (Phi) is 11.0. The molecule has 0 aliphatic carbocycles. The molecule has 2 aromatic heterocycles. The number of nitrogens with zero attached hydrogens (tertiary/aromatic N) is 4. The number of anilines is 1. The number of carbonyl (C=O) groups is 2. The van der Waals surface area contributed by atoms with E-state index < -0.39 is 5.97 Å². The third-order valence-corrected chi connectivity index (χ3v) is 9.28. The van der Waals surface area contributed by atoms with Crippen molar-refractivity contribution >= 4 is 57.7 Å². The molecule has 1 N–H and O–H groups in total. The molecule has 10 heteroatoms. The maximum Gasteiger partial charge on any atom is 0.303 e. The summed E-state index contributed by atoms with van der Waals surface area (Å²) in [6.45, 7) is 8.64. The summed E-state index contributed by atoms with van der Waals surface area (Å²) in [7, 11) is 0. The van der Waals surface area contributed by atoms with E-state index in [-0.39, 0.29) is 17.9 Å². The van der Waals surface area contributed by atoms with Crippen LogP contribution >= 0.6 is 24.0 Å². The minimum absolute atomic E-state index is 0.140. The van der Waals surface area contributed by atoms with Gasteiger partial charge in [-0.05, 0) is 55.7 Å². The molecule has 2 aromatic rings. The summed E-state index contributed by atoms with van der Waals surface area (Å²) in [5.74, 6) is 0.755. The molecule has 222 valence electrons. The minimum Gasteiger partial charge on any atom is -0.481 e. The summed E-state index contributed by atoms with van der Waals surface area (Å²) in [5, 5.41) is 8.71. The Morgan fingerprint density at radius 2 is 1.71 bits per heavy atom. The van der Waals surface area contributed by atoms with Crippen LogP contribution in [-0.4, -0.2) is 55.2 Å². The standard InChI is InChI=1S/C31H42N4O4S2/c1-21-17-22(2)20-33(19-21)28-24(29(38)34-16-12-13-23(3)27(34)32-28)18-25-30(39)35(31(40)41-25)15-11-9-7-5-4-6-8-10-14-26(36)37/h12-13,16,18,21-22H,4-11,14-15,17,19-20H2,1-3H3,(H,36,37)/b25-18+. The maximum atomic E-state index is 13.8. The summed E-state index contributed by atoms with van der Waals surface area (Å²) >= 11 is 6.85. The molecular formula is C31H42N4O4S2. The van der Waals surface area contributed by atoms with Gasteiger partial charge in [0, 0.05) is 32.3 Å². The van der Waals surface area contributed by atoms with Crippen LogP contribution in [0.2, 0.25) is 0 Å². The Morgan fingerprint density at radius 1 is 1.07 bits per heavy atom. The van der Waals surface area contributed by atoms with Crippen molar-refractivity contribution < 1.29 is 14.7 Å². The van der Waals surface area contributed by atoms with Crippen LogP contribution in [0.3, 0.4) is 0 Å². The average molecular weight is 599 g/mol. The van der Waals surface area contributed by atoms with Crippen LogP contribution in [0.25, 0.3) is 11.7 Å². The van der Waals surface area contributed by atoms with Crippen molar-refractivity contribution in [3.8, 4) is 0 Å². The summed E-state index contributed by atoms with van der Waals surface area (Å²) in [6.07, 6.45) is 12.8. The van der Waals surface area contributed by atoms with Crippen LogP contribution in [0.1, 0.15) is 89.2 Å². The summed E-state index contributed by atoms with van der Waals surface area (Å²) in [4.78, 5) is 47.2. The number of piperidine rings is 1. The second-order valence-electron chi connectivity index (χ2n) is 11.7. The summed E-state index contributed by atoms with van der Waals surface area (Å²) in [6, 6.07) is 3.80. The molecule has 2 aliphatic rings. The van der Waals surface area contributed by atoms with E-state index in [4.69, 9.17) is 22.3 Å². The average Bonchev–Trinajstić information content (AvgIpc) is 3.18. The number of amides is 1. The Morgan fingerprint density at radius 3 is 2.37 bits per heavy atom. The van der Waals surface area contributed by atoms with Crippen molar-refractivity contribution in [2.45, 2.75) is 85.0 Å². The summed E-state index contributed by atoms with van der Waals surface area (Å²) in [5.41, 5.74) is 1.84. The number of carbonyl (C=O) groups excluding carboxylic acids is 1. The van der Waals surface area contributed by atoms with Gasteiger partial charge < -0.3 is 10.0 Å². The molecule has 2 aliphatic heterocycles. The number of aliphatic carboxylic acids is 1. The highest BCUT2D eigenvalue weighted by atomic mass is 32.2. The smallest absolute Gasteiger partial charge is 0.303 e. The van der Waals surface area contributed by atoms with Gasteiger partial charge in [-0.1, -0.05) is 82.4 Å². The highest BCUT2D eigenvalue weighted by Gasteiger charge is 2.33. The quantitative estimate of drug-likeness (QED) is 0.164. The van der Waals surface area contributed by atoms with Gasteiger partial charge in [-0.3, -0.25) is 23.7 Å². The molecule has 0 spiro atoms. The predicted octanol–water partition coefficient (Wildman–Crippen LogP) is 6.28. The van der Waals surface area contributed by atoms with Crippen LogP contribution < -0.4 is 10.5 Å². The van der Waals surface area contributed by atoms with Gasteiger partial charge >= 0.3 is 5.97 Å². The number of aryl methyl sites for hydroxylation is 1. The lowest BCUT2D eigenvalue weighted by Crippen LogP contribution is -2.40. The van der Waals surface area contributed by atoms with Gasteiger partial charge in [-0.25, -0.2) is 4.98 Å². The molecule has 0 radical (unpaired) electrons. The number of pyridine rings is 1. The monoisotopic (exact) mass is 598 g/mol. The van der Waals surface area contributed by atoms with Gasteiger partial charge in [0.05, 0.1) is 10.5 Å². The highest BCUT2D eigenvalue weighted by Crippen LogP contribution is 2.35. The van der Waals surface area contributed by atoms with Gasteiger partial charge in [0.2, 0.25) is 0 Å². The van der Waals surface area contributed by atoms with Gasteiger partial charge in [0.1, 0.15) is 15.8 Å². The van der Waals surface area contributed by atoms with Crippen molar-refractivity contribution in [2.75, 3.05) is 24.5 Å². The molecule has 2 fully saturated rings. The third kappa shape index (κ3) is 7.97. The maximum absolute atomic E-state index is 13.8. The lowest BCUT2D eigenvalue weighted by Gasteiger charge is -2.36. The first-order chi connectivity index (χ1) is 19.7. The SMILES string of the molecule is Cc1cccn2c(=O)c(/C=C3/SC(=S)N(CCCCCCCCCCC(=O)O)C3=O)c(N3CC(C)CC(C)C3)nc12. The molecule has 0 bridgehead atoms. The van der Waals surface area contributed by atoms with Crippen molar-refractivity contribution in [3.05, 3.63) is 44.7 Å². The molecule has 0 aromatic carbocycles. The van der Waals surface area contributed by atoms with E-state index in [1.807, 2.05) is 19.1 Å². The zero-order valence-electron chi connectivity index (χ0n) is 24.4. The molecular weight excluding hydrogens is 556 g/mol. The van der Waals surface area contributed by atoms with E-state index >= 15 is 0 Å². The van der Waals surface area contributed by atoms with E-state index in [2.05, 4.69) is 18.7 Å². The van der Waals surface area contributed by atoms with Crippen molar-refractivity contribution in [1.29, 1.82) is 0 Å². The number of unbranched alkanes of at least 4 members (excludes halogenated alkanes) is 7. The van der Waals surface area contributed by atoms with Gasteiger partial charge in [0.25, 0.3) is 11.5 Å².